The summed E-state index contributed by atoms with van der Waals surface area (Å²) >= 11 is 0. The first-order valence-corrected chi connectivity index (χ1v) is 6.79. The summed E-state index contributed by atoms with van der Waals surface area (Å²) in [6, 6.07) is 0. The van der Waals surface area contributed by atoms with Crippen LogP contribution in [0.4, 0.5) is 0 Å². The van der Waals surface area contributed by atoms with Gasteiger partial charge in [0.1, 0.15) is 15.7 Å². The van der Waals surface area contributed by atoms with Crippen LogP contribution in [0.15, 0.2) is 0 Å². The van der Waals surface area contributed by atoms with E-state index < -0.39 is 0 Å². The molecule has 0 amide bonds. The highest BCUT2D eigenvalue weighted by atomic mass is 14.8. The highest BCUT2D eigenvalue weighted by molar-refractivity contribution is 6.40. The zero-order chi connectivity index (χ0) is 11.1. The lowest BCUT2D eigenvalue weighted by Crippen LogP contribution is -2.37. The van der Waals surface area contributed by atoms with Crippen LogP contribution in [-0.4, -0.2) is 15.7 Å². The molecule has 0 aromatic heterocycles. The van der Waals surface area contributed by atoms with E-state index in [1.54, 1.807) is 25.7 Å². The third-order valence-corrected chi connectivity index (χ3v) is 6.83. The molecule has 0 radical (unpaired) electrons. The molecule has 1 spiro atoms. The molecule has 0 aliphatic heterocycles. The Morgan fingerprint density at radius 3 is 2.13 bits per heavy atom. The highest BCUT2D eigenvalue weighted by Gasteiger charge is 2.72. The van der Waals surface area contributed by atoms with Crippen LogP contribution in [0.25, 0.3) is 0 Å². The normalized spacial score (nSPS) is 48.1. The SMILES string of the molecule is BC(B)(C1CC2CCC23CC13)C(C)(C)C. The zero-order valence-corrected chi connectivity index (χ0v) is 11.1. The second kappa shape index (κ2) is 2.51. The minimum absolute atomic E-state index is 0.464. The molecule has 3 saturated carbocycles. The average Bonchev–Trinajstić information content (AvgIpc) is 2.73. The summed E-state index contributed by atoms with van der Waals surface area (Å²) in [5.41, 5.74) is 1.36. The van der Waals surface area contributed by atoms with Gasteiger partial charge >= 0.3 is 0 Å². The second-order valence-electron chi connectivity index (χ2n) is 8.09. The molecule has 4 unspecified atom stereocenters. The molecule has 0 nitrogen and oxygen atoms in total. The predicted molar refractivity (Wildman–Crippen MR) is 70.6 cm³/mol. The fourth-order valence-electron chi connectivity index (χ4n) is 4.55. The topological polar surface area (TPSA) is 0 Å². The summed E-state index contributed by atoms with van der Waals surface area (Å²) in [7, 11) is 5.04. The van der Waals surface area contributed by atoms with Gasteiger partial charge in [-0.15, -0.1) is 0 Å². The largest absolute Gasteiger partial charge is 0.100 e. The van der Waals surface area contributed by atoms with Crippen LogP contribution in [0.2, 0.25) is 5.21 Å². The molecule has 2 heteroatoms. The van der Waals surface area contributed by atoms with E-state index in [9.17, 15) is 0 Å². The fourth-order valence-corrected chi connectivity index (χ4v) is 4.55. The Kier molecular flexibility index (Phi) is 1.73. The van der Waals surface area contributed by atoms with Crippen molar-refractivity contribution in [2.45, 2.75) is 51.7 Å². The van der Waals surface area contributed by atoms with Crippen molar-refractivity contribution in [1.29, 1.82) is 0 Å². The van der Waals surface area contributed by atoms with Crippen molar-refractivity contribution in [3.05, 3.63) is 0 Å². The minimum atomic E-state index is 0.464. The standard InChI is InChI=1S/C13H24B2/c1-11(2,3)13(14,15)9-6-8-4-5-12(8)7-10(9)12/h8-10H,4-7,14-15H2,1-3H3. The molecule has 15 heavy (non-hydrogen) atoms. The highest BCUT2D eigenvalue weighted by Crippen LogP contribution is 2.81. The van der Waals surface area contributed by atoms with E-state index in [1.165, 1.54) is 0 Å². The number of hydrogen-bond donors (Lipinski definition) is 0. The van der Waals surface area contributed by atoms with E-state index in [0.29, 0.717) is 10.6 Å². The van der Waals surface area contributed by atoms with Gasteiger partial charge in [-0.25, -0.2) is 0 Å². The first-order valence-electron chi connectivity index (χ1n) is 6.79. The number of rotatable bonds is 1. The molecule has 4 atom stereocenters. The summed E-state index contributed by atoms with van der Waals surface area (Å²) in [6.45, 7) is 7.30. The van der Waals surface area contributed by atoms with Gasteiger partial charge < -0.3 is 0 Å². The quantitative estimate of drug-likeness (QED) is 0.569. The average molecular weight is 202 g/mol. The third kappa shape index (κ3) is 1.07. The van der Waals surface area contributed by atoms with E-state index in [0.717, 1.165) is 23.2 Å². The summed E-state index contributed by atoms with van der Waals surface area (Å²) < 4.78 is 0. The van der Waals surface area contributed by atoms with Crippen LogP contribution in [0.5, 0.6) is 0 Å². The smallest absolute Gasteiger partial charge is 0.0769 e. The molecule has 0 aromatic rings. The lowest BCUT2D eigenvalue weighted by molar-refractivity contribution is 0.160. The first kappa shape index (κ1) is 10.3. The van der Waals surface area contributed by atoms with Gasteiger partial charge in [0.25, 0.3) is 0 Å². The van der Waals surface area contributed by atoms with Gasteiger partial charge in [0, 0.05) is 0 Å². The lowest BCUT2D eigenvalue weighted by atomic mass is 9.38. The molecule has 0 saturated heterocycles. The summed E-state index contributed by atoms with van der Waals surface area (Å²) in [5, 5.41) is 0.526. The van der Waals surface area contributed by atoms with Crippen molar-refractivity contribution in [3.63, 3.8) is 0 Å². The molecule has 3 fully saturated rings. The summed E-state index contributed by atoms with van der Waals surface area (Å²) in [6.07, 6.45) is 6.25. The Hall–Kier alpha value is 0.130. The van der Waals surface area contributed by atoms with Gasteiger partial charge in [0.2, 0.25) is 0 Å². The van der Waals surface area contributed by atoms with Crippen LogP contribution >= 0.6 is 0 Å². The van der Waals surface area contributed by atoms with E-state index in [2.05, 4.69) is 36.5 Å². The maximum absolute atomic E-state index is 2.52. The maximum Gasteiger partial charge on any atom is 0.100 e. The molecule has 0 heterocycles. The van der Waals surface area contributed by atoms with Crippen molar-refractivity contribution in [2.75, 3.05) is 0 Å². The Morgan fingerprint density at radius 1 is 1.20 bits per heavy atom. The predicted octanol–water partition coefficient (Wildman–Crippen LogP) is 1.85. The molecule has 0 bridgehead atoms. The van der Waals surface area contributed by atoms with Crippen molar-refractivity contribution < 1.29 is 0 Å². The lowest BCUT2D eigenvalue weighted by Gasteiger charge is -2.45. The van der Waals surface area contributed by atoms with E-state index >= 15 is 0 Å². The van der Waals surface area contributed by atoms with Crippen LogP contribution in [0, 0.1) is 28.6 Å². The monoisotopic (exact) mass is 202 g/mol. The molecule has 82 valence electrons. The van der Waals surface area contributed by atoms with Crippen LogP contribution in [0.3, 0.4) is 0 Å². The van der Waals surface area contributed by atoms with Crippen molar-refractivity contribution in [1.82, 2.24) is 0 Å². The Morgan fingerprint density at radius 2 is 1.87 bits per heavy atom. The van der Waals surface area contributed by atoms with Gasteiger partial charge in [0.05, 0.1) is 0 Å². The van der Waals surface area contributed by atoms with Gasteiger partial charge in [-0.1, -0.05) is 26.0 Å². The summed E-state index contributed by atoms with van der Waals surface area (Å²) in [5.74, 6) is 3.27. The molecule has 3 aliphatic rings. The van der Waals surface area contributed by atoms with E-state index in [-0.39, 0.29) is 0 Å². The van der Waals surface area contributed by atoms with Crippen LogP contribution in [0.1, 0.15) is 46.5 Å². The Bertz CT molecular complexity index is 302. The molecule has 3 aliphatic carbocycles. The zero-order valence-electron chi connectivity index (χ0n) is 11.1. The summed E-state index contributed by atoms with van der Waals surface area (Å²) in [4.78, 5) is 0. The maximum atomic E-state index is 2.52. The van der Waals surface area contributed by atoms with Gasteiger partial charge in [-0.2, -0.15) is 0 Å². The van der Waals surface area contributed by atoms with Gasteiger partial charge in [-0.3, -0.25) is 0 Å². The molecule has 3 rings (SSSR count). The molecule has 0 N–H and O–H groups in total. The van der Waals surface area contributed by atoms with E-state index in [4.69, 9.17) is 0 Å². The first-order chi connectivity index (χ1) is 6.79. The molecular formula is C13H24B2. The minimum Gasteiger partial charge on any atom is -0.0769 e. The Balaban J connectivity index is 1.85. The Labute approximate surface area is 96.4 Å². The van der Waals surface area contributed by atoms with Crippen LogP contribution in [-0.2, 0) is 0 Å². The van der Waals surface area contributed by atoms with Gasteiger partial charge in [0.15, 0.2) is 0 Å². The van der Waals surface area contributed by atoms with Crippen molar-refractivity contribution >= 4 is 15.7 Å². The van der Waals surface area contributed by atoms with Crippen molar-refractivity contribution in [2.24, 2.45) is 28.6 Å². The number of hydrogen-bond acceptors (Lipinski definition) is 0. The van der Waals surface area contributed by atoms with Crippen molar-refractivity contribution in [3.8, 4) is 0 Å². The van der Waals surface area contributed by atoms with E-state index in [1.807, 2.05) is 0 Å². The molecule has 0 aromatic carbocycles. The van der Waals surface area contributed by atoms with Crippen LogP contribution < -0.4 is 0 Å². The van der Waals surface area contributed by atoms with Gasteiger partial charge in [-0.05, 0) is 54.3 Å². The molecular weight excluding hydrogens is 178 g/mol. The fraction of sp³-hybridized carbons (Fsp3) is 1.00. The second-order valence-corrected chi connectivity index (χ2v) is 8.09. The third-order valence-electron chi connectivity index (χ3n) is 6.83.